The lowest BCUT2D eigenvalue weighted by molar-refractivity contribution is 0.125. The van der Waals surface area contributed by atoms with E-state index in [0.29, 0.717) is 0 Å². The number of amides is 2. The summed E-state index contributed by atoms with van der Waals surface area (Å²) in [5, 5.41) is 3.04. The molecule has 2 aliphatic rings. The van der Waals surface area contributed by atoms with Crippen LogP contribution in [0.4, 0.5) is 10.5 Å². The standard InChI is InChI=1S/C20H30BrN3O/c1-15-4-3-9-23(13-15)14-17-7-10-24(11-8-17)20(25)22-18-5-6-19(21)16(2)12-18/h5-6,12,15,17H,3-4,7-11,13-14H2,1-2H3,(H,22,25)/t15-/m1/s1. The fourth-order valence-electron chi connectivity index (χ4n) is 4.06. The largest absolute Gasteiger partial charge is 0.325 e. The van der Waals surface area contributed by atoms with Crippen LogP contribution in [-0.4, -0.2) is 48.6 Å². The van der Waals surface area contributed by atoms with E-state index in [4.69, 9.17) is 0 Å². The minimum absolute atomic E-state index is 0.0340. The molecule has 1 aromatic rings. The van der Waals surface area contributed by atoms with Gasteiger partial charge in [0, 0.05) is 36.3 Å². The van der Waals surface area contributed by atoms with Crippen LogP contribution in [0.5, 0.6) is 0 Å². The molecule has 5 heteroatoms. The molecule has 2 amide bonds. The van der Waals surface area contributed by atoms with E-state index in [9.17, 15) is 4.79 Å². The molecule has 2 fully saturated rings. The van der Waals surface area contributed by atoms with Crippen LogP contribution < -0.4 is 5.32 Å². The summed E-state index contributed by atoms with van der Waals surface area (Å²) in [6.07, 6.45) is 4.97. The van der Waals surface area contributed by atoms with Gasteiger partial charge in [0.25, 0.3) is 0 Å². The number of likely N-dealkylation sites (tertiary alicyclic amines) is 2. The third-order valence-electron chi connectivity index (χ3n) is 5.57. The first-order valence-electron chi connectivity index (χ1n) is 9.55. The fourth-order valence-corrected chi connectivity index (χ4v) is 4.31. The highest BCUT2D eigenvalue weighted by molar-refractivity contribution is 9.10. The maximum atomic E-state index is 12.5. The topological polar surface area (TPSA) is 35.6 Å². The zero-order valence-electron chi connectivity index (χ0n) is 15.4. The molecule has 0 unspecified atom stereocenters. The normalized spacial score (nSPS) is 22.8. The van der Waals surface area contributed by atoms with Crippen LogP contribution in [0.3, 0.4) is 0 Å². The molecule has 138 valence electrons. The van der Waals surface area contributed by atoms with Crippen molar-refractivity contribution in [1.29, 1.82) is 0 Å². The average molecular weight is 408 g/mol. The number of halogens is 1. The number of nitrogens with zero attached hydrogens (tertiary/aromatic N) is 2. The van der Waals surface area contributed by atoms with Gasteiger partial charge >= 0.3 is 6.03 Å². The van der Waals surface area contributed by atoms with Gasteiger partial charge in [-0.3, -0.25) is 0 Å². The highest BCUT2D eigenvalue weighted by Gasteiger charge is 2.26. The van der Waals surface area contributed by atoms with E-state index in [1.165, 1.54) is 32.5 Å². The Hall–Kier alpha value is -1.07. The molecule has 0 bridgehead atoms. The van der Waals surface area contributed by atoms with Crippen molar-refractivity contribution in [3.8, 4) is 0 Å². The summed E-state index contributed by atoms with van der Waals surface area (Å²) in [7, 11) is 0. The molecule has 0 radical (unpaired) electrons. The minimum atomic E-state index is 0.0340. The fraction of sp³-hybridized carbons (Fsp3) is 0.650. The van der Waals surface area contributed by atoms with Gasteiger partial charge in [-0.1, -0.05) is 22.9 Å². The molecule has 3 rings (SSSR count). The maximum absolute atomic E-state index is 12.5. The molecule has 2 saturated heterocycles. The molecule has 0 spiro atoms. The zero-order chi connectivity index (χ0) is 17.8. The number of benzene rings is 1. The molecule has 25 heavy (non-hydrogen) atoms. The van der Waals surface area contributed by atoms with Crippen LogP contribution in [0, 0.1) is 18.8 Å². The predicted octanol–water partition coefficient (Wildman–Crippen LogP) is 4.73. The van der Waals surface area contributed by atoms with Gasteiger partial charge in [-0.2, -0.15) is 0 Å². The first-order valence-corrected chi connectivity index (χ1v) is 10.3. The predicted molar refractivity (Wildman–Crippen MR) is 107 cm³/mol. The Morgan fingerprint density at radius 1 is 1.24 bits per heavy atom. The highest BCUT2D eigenvalue weighted by Crippen LogP contribution is 2.24. The monoisotopic (exact) mass is 407 g/mol. The number of hydrogen-bond acceptors (Lipinski definition) is 2. The summed E-state index contributed by atoms with van der Waals surface area (Å²) < 4.78 is 1.07. The number of carbonyl (C=O) groups excluding carboxylic acids is 1. The van der Waals surface area contributed by atoms with Gasteiger partial charge in [-0.25, -0.2) is 4.79 Å². The molecule has 2 aliphatic heterocycles. The summed E-state index contributed by atoms with van der Waals surface area (Å²) in [5.41, 5.74) is 2.00. The Morgan fingerprint density at radius 2 is 2.00 bits per heavy atom. The molecular weight excluding hydrogens is 378 g/mol. The second-order valence-electron chi connectivity index (χ2n) is 7.83. The Morgan fingerprint density at radius 3 is 2.68 bits per heavy atom. The van der Waals surface area contributed by atoms with Gasteiger partial charge in [0.1, 0.15) is 0 Å². The van der Waals surface area contributed by atoms with Gasteiger partial charge in [-0.05, 0) is 74.8 Å². The number of urea groups is 1. The summed E-state index contributed by atoms with van der Waals surface area (Å²) in [4.78, 5) is 17.1. The third-order valence-corrected chi connectivity index (χ3v) is 6.46. The molecule has 1 N–H and O–H groups in total. The molecule has 2 heterocycles. The van der Waals surface area contributed by atoms with Crippen LogP contribution in [0.15, 0.2) is 22.7 Å². The van der Waals surface area contributed by atoms with Gasteiger partial charge in [-0.15, -0.1) is 0 Å². The van der Waals surface area contributed by atoms with Gasteiger partial charge in [0.2, 0.25) is 0 Å². The van der Waals surface area contributed by atoms with Gasteiger partial charge < -0.3 is 15.1 Å². The molecule has 0 aromatic heterocycles. The maximum Gasteiger partial charge on any atom is 0.321 e. The number of anilines is 1. The van der Waals surface area contributed by atoms with Crippen LogP contribution >= 0.6 is 15.9 Å². The van der Waals surface area contributed by atoms with Crippen molar-refractivity contribution in [2.45, 2.75) is 39.5 Å². The number of aryl methyl sites for hydroxylation is 1. The van der Waals surface area contributed by atoms with E-state index < -0.39 is 0 Å². The van der Waals surface area contributed by atoms with Gasteiger partial charge in [0.05, 0.1) is 0 Å². The van der Waals surface area contributed by atoms with E-state index in [2.05, 4.69) is 33.1 Å². The summed E-state index contributed by atoms with van der Waals surface area (Å²) in [5.74, 6) is 1.58. The van der Waals surface area contributed by atoms with E-state index in [0.717, 1.165) is 53.5 Å². The number of piperidine rings is 2. The van der Waals surface area contributed by atoms with Crippen molar-refractivity contribution in [1.82, 2.24) is 9.80 Å². The van der Waals surface area contributed by atoms with Crippen molar-refractivity contribution in [3.05, 3.63) is 28.2 Å². The average Bonchev–Trinajstić information content (AvgIpc) is 2.59. The van der Waals surface area contributed by atoms with E-state index in [1.807, 2.05) is 30.0 Å². The van der Waals surface area contributed by atoms with Crippen molar-refractivity contribution in [3.63, 3.8) is 0 Å². The van der Waals surface area contributed by atoms with Crippen molar-refractivity contribution >= 4 is 27.6 Å². The Kier molecular flexibility index (Phi) is 6.39. The second kappa shape index (κ2) is 8.54. The second-order valence-corrected chi connectivity index (χ2v) is 8.69. The van der Waals surface area contributed by atoms with Crippen LogP contribution in [-0.2, 0) is 0 Å². The lowest BCUT2D eigenvalue weighted by atomic mass is 9.94. The van der Waals surface area contributed by atoms with E-state index in [1.54, 1.807) is 0 Å². The summed E-state index contributed by atoms with van der Waals surface area (Å²) in [6.45, 7) is 9.86. The SMILES string of the molecule is Cc1cc(NC(=O)N2CCC(CN3CCC[C@@H](C)C3)CC2)ccc1Br. The quantitative estimate of drug-likeness (QED) is 0.785. The zero-order valence-corrected chi connectivity index (χ0v) is 17.0. The Bertz CT molecular complexity index is 599. The molecule has 0 saturated carbocycles. The smallest absolute Gasteiger partial charge is 0.321 e. The third kappa shape index (κ3) is 5.20. The van der Waals surface area contributed by atoms with E-state index >= 15 is 0 Å². The first kappa shape index (κ1) is 18.7. The number of nitrogens with one attached hydrogen (secondary N) is 1. The Balaban J connectivity index is 1.45. The molecule has 4 nitrogen and oxygen atoms in total. The van der Waals surface area contributed by atoms with E-state index in [-0.39, 0.29) is 6.03 Å². The molecule has 0 aliphatic carbocycles. The van der Waals surface area contributed by atoms with Crippen molar-refractivity contribution < 1.29 is 4.79 Å². The molecular formula is C20H30BrN3O. The molecule has 1 atom stereocenters. The van der Waals surface area contributed by atoms with Crippen LogP contribution in [0.1, 0.15) is 38.2 Å². The van der Waals surface area contributed by atoms with Crippen LogP contribution in [0.2, 0.25) is 0 Å². The lowest BCUT2D eigenvalue weighted by Crippen LogP contribution is -2.44. The van der Waals surface area contributed by atoms with Crippen molar-refractivity contribution in [2.75, 3.05) is 38.0 Å². The highest BCUT2D eigenvalue weighted by atomic mass is 79.9. The van der Waals surface area contributed by atoms with Crippen LogP contribution in [0.25, 0.3) is 0 Å². The van der Waals surface area contributed by atoms with Gasteiger partial charge in [0.15, 0.2) is 0 Å². The lowest BCUT2D eigenvalue weighted by Gasteiger charge is -2.37. The summed E-state index contributed by atoms with van der Waals surface area (Å²) >= 11 is 3.50. The molecule has 1 aromatic carbocycles. The van der Waals surface area contributed by atoms with Crippen molar-refractivity contribution in [2.24, 2.45) is 11.8 Å². The summed E-state index contributed by atoms with van der Waals surface area (Å²) in [6, 6.07) is 5.97. The number of carbonyl (C=O) groups is 1. The number of rotatable bonds is 3. The first-order chi connectivity index (χ1) is 12.0. The number of hydrogen-bond donors (Lipinski definition) is 1. The Labute approximate surface area is 160 Å². The minimum Gasteiger partial charge on any atom is -0.325 e.